The highest BCUT2D eigenvalue weighted by atomic mass is 16.2. The Morgan fingerprint density at radius 1 is 1.46 bits per heavy atom. The summed E-state index contributed by atoms with van der Waals surface area (Å²) in [5.74, 6) is 0.484. The molecule has 24 heavy (non-hydrogen) atoms. The van der Waals surface area contributed by atoms with Gasteiger partial charge in [0, 0.05) is 26.7 Å². The largest absolute Gasteiger partial charge is 0.349 e. The van der Waals surface area contributed by atoms with Gasteiger partial charge in [-0.15, -0.1) is 0 Å². The summed E-state index contributed by atoms with van der Waals surface area (Å²) in [6.07, 6.45) is 0. The van der Waals surface area contributed by atoms with E-state index in [1.54, 1.807) is 7.05 Å². The van der Waals surface area contributed by atoms with E-state index in [2.05, 4.69) is 40.5 Å². The molecule has 2 aliphatic rings. The minimum atomic E-state index is -0.485. The molecule has 8 nitrogen and oxygen atoms in total. The van der Waals surface area contributed by atoms with Crippen LogP contribution in [0.2, 0.25) is 0 Å². The molecule has 8 heteroatoms. The van der Waals surface area contributed by atoms with Crippen molar-refractivity contribution in [3.8, 4) is 0 Å². The lowest BCUT2D eigenvalue weighted by Gasteiger charge is -2.28. The second kappa shape index (κ2) is 6.80. The Morgan fingerprint density at radius 3 is 2.92 bits per heavy atom. The SMILES string of the molecule is CC(C)CN1CCn2nc(CNC(=O)[C@H]3CN(C)C(=O)N3)cc2C1. The number of hydrogen-bond acceptors (Lipinski definition) is 4. The molecule has 1 atom stereocenters. The van der Waals surface area contributed by atoms with Gasteiger partial charge in [-0.2, -0.15) is 5.10 Å². The molecule has 0 spiro atoms. The van der Waals surface area contributed by atoms with Gasteiger partial charge in [0.05, 0.1) is 31.0 Å². The van der Waals surface area contributed by atoms with Gasteiger partial charge in [0.25, 0.3) is 0 Å². The number of amides is 3. The lowest BCUT2D eigenvalue weighted by Crippen LogP contribution is -2.42. The molecular weight excluding hydrogens is 308 g/mol. The van der Waals surface area contributed by atoms with Crippen LogP contribution in [0.3, 0.4) is 0 Å². The highest BCUT2D eigenvalue weighted by Crippen LogP contribution is 2.15. The van der Waals surface area contributed by atoms with Crippen molar-refractivity contribution in [2.45, 2.75) is 39.5 Å². The molecule has 0 aliphatic carbocycles. The fourth-order valence-electron chi connectivity index (χ4n) is 3.25. The van der Waals surface area contributed by atoms with E-state index in [1.165, 1.54) is 10.6 Å². The Balaban J connectivity index is 1.53. The number of nitrogens with one attached hydrogen (secondary N) is 2. The third-order valence-electron chi connectivity index (χ3n) is 4.41. The first-order valence-electron chi connectivity index (χ1n) is 8.49. The van der Waals surface area contributed by atoms with E-state index in [0.717, 1.165) is 31.9 Å². The van der Waals surface area contributed by atoms with E-state index in [9.17, 15) is 9.59 Å². The van der Waals surface area contributed by atoms with Crippen molar-refractivity contribution in [1.29, 1.82) is 0 Å². The maximum Gasteiger partial charge on any atom is 0.317 e. The number of hydrogen-bond donors (Lipinski definition) is 2. The number of fused-ring (bicyclic) bond motifs is 1. The fourth-order valence-corrected chi connectivity index (χ4v) is 3.25. The molecule has 0 aromatic carbocycles. The molecule has 0 radical (unpaired) electrons. The van der Waals surface area contributed by atoms with Crippen molar-refractivity contribution >= 4 is 11.9 Å². The van der Waals surface area contributed by atoms with Crippen molar-refractivity contribution < 1.29 is 9.59 Å². The Morgan fingerprint density at radius 2 is 2.25 bits per heavy atom. The lowest BCUT2D eigenvalue weighted by molar-refractivity contribution is -0.122. The molecule has 0 unspecified atom stereocenters. The summed E-state index contributed by atoms with van der Waals surface area (Å²) < 4.78 is 2.03. The third kappa shape index (κ3) is 3.69. The van der Waals surface area contributed by atoms with E-state index < -0.39 is 6.04 Å². The van der Waals surface area contributed by atoms with E-state index in [-0.39, 0.29) is 11.9 Å². The number of urea groups is 1. The Kier molecular flexibility index (Phi) is 4.75. The highest BCUT2D eigenvalue weighted by molar-refractivity contribution is 5.90. The van der Waals surface area contributed by atoms with Crippen LogP contribution in [0.1, 0.15) is 25.2 Å². The van der Waals surface area contributed by atoms with Crippen LogP contribution in [0.5, 0.6) is 0 Å². The molecule has 2 aliphatic heterocycles. The van der Waals surface area contributed by atoms with E-state index in [1.807, 2.05) is 4.68 Å². The van der Waals surface area contributed by atoms with Crippen LogP contribution in [0.4, 0.5) is 4.79 Å². The zero-order valence-corrected chi connectivity index (χ0v) is 14.6. The van der Waals surface area contributed by atoms with Gasteiger partial charge in [0.1, 0.15) is 6.04 Å². The molecule has 3 heterocycles. The average Bonchev–Trinajstić information content (AvgIpc) is 3.07. The van der Waals surface area contributed by atoms with Gasteiger partial charge < -0.3 is 15.5 Å². The smallest absolute Gasteiger partial charge is 0.317 e. The van der Waals surface area contributed by atoms with Crippen LogP contribution in [-0.4, -0.2) is 64.2 Å². The average molecular weight is 334 g/mol. The first-order valence-corrected chi connectivity index (χ1v) is 8.49. The van der Waals surface area contributed by atoms with E-state index >= 15 is 0 Å². The lowest BCUT2D eigenvalue weighted by atomic mass is 10.2. The normalized spacial score (nSPS) is 21.1. The van der Waals surface area contributed by atoms with Gasteiger partial charge in [-0.1, -0.05) is 13.8 Å². The van der Waals surface area contributed by atoms with Gasteiger partial charge in [-0.3, -0.25) is 14.4 Å². The van der Waals surface area contributed by atoms with Gasteiger partial charge in [-0.25, -0.2) is 4.79 Å². The molecule has 1 saturated heterocycles. The number of carbonyl (C=O) groups excluding carboxylic acids is 2. The molecule has 3 rings (SSSR count). The number of nitrogens with zero attached hydrogens (tertiary/aromatic N) is 4. The molecule has 0 bridgehead atoms. The van der Waals surface area contributed by atoms with Gasteiger partial charge in [0.15, 0.2) is 0 Å². The minimum absolute atomic E-state index is 0.167. The first kappa shape index (κ1) is 16.8. The summed E-state index contributed by atoms with van der Waals surface area (Å²) in [5, 5.41) is 10.1. The maximum atomic E-state index is 12.1. The predicted octanol–water partition coefficient (Wildman–Crippen LogP) is -0.00550. The molecule has 1 aromatic rings. The number of rotatable bonds is 5. The Labute approximate surface area is 142 Å². The highest BCUT2D eigenvalue weighted by Gasteiger charge is 2.31. The van der Waals surface area contributed by atoms with Crippen LogP contribution in [0, 0.1) is 5.92 Å². The van der Waals surface area contributed by atoms with Crippen molar-refractivity contribution in [2.24, 2.45) is 5.92 Å². The molecule has 1 aromatic heterocycles. The zero-order chi connectivity index (χ0) is 17.3. The van der Waals surface area contributed by atoms with Crippen molar-refractivity contribution in [3.05, 3.63) is 17.5 Å². The number of aromatic nitrogens is 2. The summed E-state index contributed by atoms with van der Waals surface area (Å²) in [4.78, 5) is 27.5. The molecular formula is C16H26N6O2. The van der Waals surface area contributed by atoms with Crippen LogP contribution in [-0.2, 0) is 24.4 Å². The summed E-state index contributed by atoms with van der Waals surface area (Å²) in [6.45, 7) is 9.14. The predicted molar refractivity (Wildman–Crippen MR) is 89.1 cm³/mol. The van der Waals surface area contributed by atoms with Crippen LogP contribution in [0.15, 0.2) is 6.07 Å². The molecule has 1 fully saturated rings. The van der Waals surface area contributed by atoms with Crippen LogP contribution in [0.25, 0.3) is 0 Å². The first-order chi connectivity index (χ1) is 11.4. The monoisotopic (exact) mass is 334 g/mol. The van der Waals surface area contributed by atoms with Crippen molar-refractivity contribution in [1.82, 2.24) is 30.2 Å². The van der Waals surface area contributed by atoms with E-state index in [0.29, 0.717) is 19.0 Å². The Hall–Kier alpha value is -2.09. The standard InChI is InChI=1S/C16H26N6O2/c1-11(2)8-21-4-5-22-13(9-21)6-12(19-22)7-17-15(23)14-10-20(3)16(24)18-14/h6,11,14H,4-5,7-10H2,1-3H3,(H,17,23)(H,18,24)/t14-/m1/s1. The summed E-state index contributed by atoms with van der Waals surface area (Å²) in [6, 6.07) is 1.37. The summed E-state index contributed by atoms with van der Waals surface area (Å²) >= 11 is 0. The molecule has 3 amide bonds. The topological polar surface area (TPSA) is 82.5 Å². The van der Waals surface area contributed by atoms with E-state index in [4.69, 9.17) is 0 Å². The molecule has 0 saturated carbocycles. The van der Waals surface area contributed by atoms with Crippen LogP contribution < -0.4 is 10.6 Å². The fraction of sp³-hybridized carbons (Fsp3) is 0.688. The second-order valence-corrected chi connectivity index (χ2v) is 7.08. The van der Waals surface area contributed by atoms with Gasteiger partial charge >= 0.3 is 6.03 Å². The van der Waals surface area contributed by atoms with Crippen LogP contribution >= 0.6 is 0 Å². The zero-order valence-electron chi connectivity index (χ0n) is 14.6. The van der Waals surface area contributed by atoms with Crippen molar-refractivity contribution in [2.75, 3.05) is 26.7 Å². The number of likely N-dealkylation sites (N-methyl/N-ethyl adjacent to an activating group) is 1. The third-order valence-corrected chi connectivity index (χ3v) is 4.41. The quantitative estimate of drug-likeness (QED) is 0.794. The van der Waals surface area contributed by atoms with Gasteiger partial charge in [-0.05, 0) is 12.0 Å². The molecule has 132 valence electrons. The van der Waals surface area contributed by atoms with Gasteiger partial charge in [0.2, 0.25) is 5.91 Å². The summed E-state index contributed by atoms with van der Waals surface area (Å²) in [7, 11) is 1.68. The summed E-state index contributed by atoms with van der Waals surface area (Å²) in [5.41, 5.74) is 2.06. The molecule has 2 N–H and O–H groups in total. The van der Waals surface area contributed by atoms with Crippen molar-refractivity contribution in [3.63, 3.8) is 0 Å². The number of carbonyl (C=O) groups is 2. The minimum Gasteiger partial charge on any atom is -0.349 e. The maximum absolute atomic E-state index is 12.1. The Bertz CT molecular complexity index is 626. The second-order valence-electron chi connectivity index (χ2n) is 7.08.